The van der Waals surface area contributed by atoms with Crippen LogP contribution in [0.4, 0.5) is 5.95 Å². The van der Waals surface area contributed by atoms with E-state index in [0.29, 0.717) is 17.0 Å². The van der Waals surface area contributed by atoms with E-state index in [4.69, 9.17) is 4.98 Å². The largest absolute Gasteiger partial charge is 0.338 e. The van der Waals surface area contributed by atoms with Crippen molar-refractivity contribution in [3.63, 3.8) is 0 Å². The summed E-state index contributed by atoms with van der Waals surface area (Å²) in [5.41, 5.74) is 1.42. The van der Waals surface area contributed by atoms with Crippen molar-refractivity contribution in [1.29, 1.82) is 0 Å². The maximum absolute atomic E-state index is 12.3. The highest BCUT2D eigenvalue weighted by Gasteiger charge is 2.18. The number of anilines is 1. The van der Waals surface area contributed by atoms with E-state index in [0.717, 1.165) is 42.6 Å². The molecule has 0 unspecified atom stereocenters. The van der Waals surface area contributed by atoms with E-state index >= 15 is 0 Å². The predicted molar refractivity (Wildman–Crippen MR) is 92.1 cm³/mol. The van der Waals surface area contributed by atoms with Gasteiger partial charge in [0.05, 0.1) is 5.69 Å². The van der Waals surface area contributed by atoms with Gasteiger partial charge in [0.15, 0.2) is 0 Å². The Morgan fingerprint density at radius 3 is 2.48 bits per heavy atom. The molecule has 0 aliphatic carbocycles. The third-order valence-corrected chi connectivity index (χ3v) is 4.54. The summed E-state index contributed by atoms with van der Waals surface area (Å²) in [5.74, 6) is 0.703. The highest BCUT2D eigenvalue weighted by Crippen LogP contribution is 2.24. The van der Waals surface area contributed by atoms with Gasteiger partial charge in [-0.05, 0) is 25.4 Å². The summed E-state index contributed by atoms with van der Waals surface area (Å²) in [4.78, 5) is 29.0. The van der Waals surface area contributed by atoms with Crippen molar-refractivity contribution in [2.45, 2.75) is 6.92 Å². The Bertz CT molecular complexity index is 941. The first-order valence-electron chi connectivity index (χ1n) is 7.86. The van der Waals surface area contributed by atoms with E-state index in [1.54, 1.807) is 0 Å². The van der Waals surface area contributed by atoms with E-state index < -0.39 is 0 Å². The molecule has 0 spiro atoms. The molecule has 0 amide bonds. The fraction of sp³-hybridized carbons (Fsp3) is 0.353. The molecule has 118 valence electrons. The number of aryl methyl sites for hydroxylation is 1. The Kier molecular flexibility index (Phi) is 3.27. The molecule has 4 rings (SSSR count). The third-order valence-electron chi connectivity index (χ3n) is 4.54. The monoisotopic (exact) mass is 309 g/mol. The number of fused-ring (bicyclic) bond motifs is 3. The molecule has 1 aromatic carbocycles. The number of hydrogen-bond donors (Lipinski definition) is 1. The molecule has 23 heavy (non-hydrogen) atoms. The van der Waals surface area contributed by atoms with Gasteiger partial charge in [0, 0.05) is 37.0 Å². The lowest BCUT2D eigenvalue weighted by Gasteiger charge is -2.32. The van der Waals surface area contributed by atoms with Gasteiger partial charge in [0.25, 0.3) is 5.56 Å². The van der Waals surface area contributed by atoms with E-state index in [9.17, 15) is 4.79 Å². The number of aromatic amines is 1. The number of hydrogen-bond acceptors (Lipinski definition) is 5. The van der Waals surface area contributed by atoms with Gasteiger partial charge in [-0.1, -0.05) is 18.2 Å². The maximum atomic E-state index is 12.3. The number of nitrogens with one attached hydrogen (secondary N) is 1. The lowest BCUT2D eigenvalue weighted by molar-refractivity contribution is 0.311. The zero-order valence-electron chi connectivity index (χ0n) is 13.3. The van der Waals surface area contributed by atoms with Crippen molar-refractivity contribution in [3.8, 4) is 0 Å². The van der Waals surface area contributed by atoms with Gasteiger partial charge in [-0.2, -0.15) is 4.98 Å². The Hall–Kier alpha value is -2.47. The minimum Gasteiger partial charge on any atom is -0.338 e. The minimum absolute atomic E-state index is 0.101. The molecule has 0 bridgehead atoms. The molecule has 1 N–H and O–H groups in total. The Balaban J connectivity index is 1.91. The maximum Gasteiger partial charge on any atom is 0.257 e. The van der Waals surface area contributed by atoms with E-state index in [-0.39, 0.29) is 5.56 Å². The van der Waals surface area contributed by atoms with Crippen LogP contribution in [0.5, 0.6) is 0 Å². The molecular weight excluding hydrogens is 290 g/mol. The van der Waals surface area contributed by atoms with Gasteiger partial charge < -0.3 is 14.8 Å². The highest BCUT2D eigenvalue weighted by molar-refractivity contribution is 6.05. The van der Waals surface area contributed by atoms with Crippen molar-refractivity contribution in [1.82, 2.24) is 19.9 Å². The molecular formula is C17H19N5O. The summed E-state index contributed by atoms with van der Waals surface area (Å²) >= 11 is 0. The molecule has 2 aromatic heterocycles. The van der Waals surface area contributed by atoms with Gasteiger partial charge in [-0.25, -0.2) is 4.98 Å². The van der Waals surface area contributed by atoms with Crippen LogP contribution >= 0.6 is 0 Å². The summed E-state index contributed by atoms with van der Waals surface area (Å²) in [7, 11) is 2.12. The van der Waals surface area contributed by atoms with Crippen LogP contribution in [0.25, 0.3) is 21.8 Å². The molecule has 6 heteroatoms. The lowest BCUT2D eigenvalue weighted by atomic mass is 10.1. The fourth-order valence-corrected chi connectivity index (χ4v) is 3.19. The average Bonchev–Trinajstić information content (AvgIpc) is 2.55. The zero-order chi connectivity index (χ0) is 16.0. The van der Waals surface area contributed by atoms with Crippen LogP contribution in [0.1, 0.15) is 5.69 Å². The smallest absolute Gasteiger partial charge is 0.257 e. The first-order chi connectivity index (χ1) is 11.1. The molecule has 0 saturated carbocycles. The summed E-state index contributed by atoms with van der Waals surface area (Å²) in [6.07, 6.45) is 0. The number of nitrogens with zero attached hydrogens (tertiary/aromatic N) is 4. The van der Waals surface area contributed by atoms with Crippen molar-refractivity contribution >= 4 is 27.8 Å². The van der Waals surface area contributed by atoms with Gasteiger partial charge in [0.2, 0.25) is 5.95 Å². The van der Waals surface area contributed by atoms with Crippen molar-refractivity contribution in [2.24, 2.45) is 0 Å². The van der Waals surface area contributed by atoms with Crippen molar-refractivity contribution in [2.75, 3.05) is 38.1 Å². The molecule has 1 aliphatic heterocycles. The fourth-order valence-electron chi connectivity index (χ4n) is 3.19. The second-order valence-electron chi connectivity index (χ2n) is 6.12. The number of aromatic nitrogens is 3. The molecule has 3 heterocycles. The molecule has 3 aromatic rings. The van der Waals surface area contributed by atoms with Crippen LogP contribution in [0.3, 0.4) is 0 Å². The predicted octanol–water partition coefficient (Wildman–Crippen LogP) is 1.53. The molecule has 0 radical (unpaired) electrons. The van der Waals surface area contributed by atoms with E-state index in [1.165, 1.54) is 0 Å². The minimum atomic E-state index is -0.101. The molecule has 0 atom stereocenters. The van der Waals surface area contributed by atoms with Crippen LogP contribution in [-0.4, -0.2) is 53.1 Å². The summed E-state index contributed by atoms with van der Waals surface area (Å²) in [6.45, 7) is 5.77. The number of likely N-dealkylation sites (N-methyl/N-ethyl adjacent to an activating group) is 1. The molecule has 1 saturated heterocycles. The zero-order valence-corrected chi connectivity index (χ0v) is 13.3. The lowest BCUT2D eigenvalue weighted by Crippen LogP contribution is -2.45. The number of pyridine rings is 1. The van der Waals surface area contributed by atoms with Crippen LogP contribution in [0.15, 0.2) is 29.1 Å². The van der Waals surface area contributed by atoms with E-state index in [2.05, 4.69) is 26.8 Å². The highest BCUT2D eigenvalue weighted by atomic mass is 16.1. The van der Waals surface area contributed by atoms with Gasteiger partial charge >= 0.3 is 0 Å². The quantitative estimate of drug-likeness (QED) is 0.691. The first-order valence-corrected chi connectivity index (χ1v) is 7.86. The van der Waals surface area contributed by atoms with Crippen LogP contribution in [0, 0.1) is 6.92 Å². The SMILES string of the molecule is Cc1nc(N2CCN(C)CC2)nc2[nH]c(=O)c3ccccc3c12. The Morgan fingerprint density at radius 1 is 1.04 bits per heavy atom. The standard InChI is InChI=1S/C17H19N5O/c1-11-14-12-5-3-4-6-13(12)16(23)19-15(14)20-17(18-11)22-9-7-21(2)8-10-22/h3-6H,7-10H2,1-2H3,(H,18,19,20,23). The number of rotatable bonds is 1. The average molecular weight is 309 g/mol. The topological polar surface area (TPSA) is 65.1 Å². The second kappa shape index (κ2) is 5.31. The molecule has 1 fully saturated rings. The Morgan fingerprint density at radius 2 is 1.74 bits per heavy atom. The summed E-state index contributed by atoms with van der Waals surface area (Å²) < 4.78 is 0. The van der Waals surface area contributed by atoms with Gasteiger partial charge in [-0.15, -0.1) is 0 Å². The number of H-pyrrole nitrogens is 1. The second-order valence-corrected chi connectivity index (χ2v) is 6.12. The molecule has 6 nitrogen and oxygen atoms in total. The summed E-state index contributed by atoms with van der Waals surface area (Å²) in [6, 6.07) is 7.60. The first kappa shape index (κ1) is 14.1. The number of benzene rings is 1. The normalized spacial score (nSPS) is 16.3. The van der Waals surface area contributed by atoms with Crippen LogP contribution in [-0.2, 0) is 0 Å². The number of piperazine rings is 1. The van der Waals surface area contributed by atoms with E-state index in [1.807, 2.05) is 31.2 Å². The summed E-state index contributed by atoms with van der Waals surface area (Å²) in [5, 5.41) is 2.52. The molecule has 1 aliphatic rings. The van der Waals surface area contributed by atoms with Crippen molar-refractivity contribution in [3.05, 3.63) is 40.3 Å². The third kappa shape index (κ3) is 2.35. The van der Waals surface area contributed by atoms with Crippen LogP contribution < -0.4 is 10.5 Å². The van der Waals surface area contributed by atoms with Gasteiger partial charge in [0.1, 0.15) is 5.65 Å². The Labute approximate surface area is 133 Å². The van der Waals surface area contributed by atoms with Crippen molar-refractivity contribution < 1.29 is 0 Å². The van der Waals surface area contributed by atoms with Gasteiger partial charge in [-0.3, -0.25) is 4.79 Å². The van der Waals surface area contributed by atoms with Crippen LogP contribution in [0.2, 0.25) is 0 Å².